The molecule has 17 heavy (non-hydrogen) atoms. The van der Waals surface area contributed by atoms with Crippen molar-refractivity contribution in [2.75, 3.05) is 21.3 Å². The van der Waals surface area contributed by atoms with E-state index in [0.29, 0.717) is 19.0 Å². The molecule has 98 valence electrons. The van der Waals surface area contributed by atoms with E-state index in [2.05, 4.69) is 0 Å². The predicted octanol–water partition coefficient (Wildman–Crippen LogP) is 1.17. The molecule has 1 aromatic heterocycles. The van der Waals surface area contributed by atoms with E-state index < -0.39 is 8.80 Å². The lowest BCUT2D eigenvalue weighted by atomic mass is 10.5. The molecule has 0 aromatic carbocycles. The van der Waals surface area contributed by atoms with Crippen LogP contribution < -0.4 is 0 Å². The monoisotopic (exact) mass is 261 g/mol. The Labute approximate surface area is 102 Å². The van der Waals surface area contributed by atoms with E-state index in [0.717, 1.165) is 0 Å². The van der Waals surface area contributed by atoms with Crippen LogP contribution in [0.2, 0.25) is 6.04 Å². The van der Waals surface area contributed by atoms with Gasteiger partial charge >= 0.3 is 8.80 Å². The second kappa shape index (κ2) is 6.06. The molecule has 0 saturated carbocycles. The lowest BCUT2D eigenvalue weighted by Crippen LogP contribution is -2.42. The molecule has 0 spiro atoms. The highest BCUT2D eigenvalue weighted by Crippen LogP contribution is 2.23. The van der Waals surface area contributed by atoms with Gasteiger partial charge in [0.05, 0.1) is 0 Å². The third-order valence-corrected chi connectivity index (χ3v) is 5.56. The van der Waals surface area contributed by atoms with E-state index in [1.807, 2.05) is 0 Å². The van der Waals surface area contributed by atoms with Crippen LogP contribution in [0.4, 0.5) is 0 Å². The van der Waals surface area contributed by atoms with Gasteiger partial charge in [0.2, 0.25) is 0 Å². The van der Waals surface area contributed by atoms with Crippen molar-refractivity contribution in [1.29, 1.82) is 0 Å². The molecule has 7 heteroatoms. The molecular weight excluding hydrogens is 242 g/mol. The first-order valence-corrected chi connectivity index (χ1v) is 7.24. The molecule has 0 bridgehead atoms. The molecule has 0 radical (unpaired) electrons. The van der Waals surface area contributed by atoms with Crippen molar-refractivity contribution in [1.82, 2.24) is 4.57 Å². The lowest BCUT2D eigenvalue weighted by Gasteiger charge is -2.24. The largest absolute Gasteiger partial charge is 0.500 e. The van der Waals surface area contributed by atoms with Gasteiger partial charge in [-0.1, -0.05) is 0 Å². The van der Waals surface area contributed by atoms with Crippen LogP contribution in [0.3, 0.4) is 0 Å². The summed E-state index contributed by atoms with van der Waals surface area (Å²) in [6.07, 6.45) is 0.678. The van der Waals surface area contributed by atoms with Crippen LogP contribution in [0, 0.1) is 0 Å². The van der Waals surface area contributed by atoms with Crippen molar-refractivity contribution >= 4 is 8.80 Å². The standard InChI is InChI=1S/C10H19NO5Si/c1-14-17(15-2,16-3)8-4-7-11-9(12)5-6-10(11)13/h5-6,12-13H,4,7-8H2,1-3H3. The van der Waals surface area contributed by atoms with Crippen LogP contribution in [0.25, 0.3) is 0 Å². The first-order valence-electron chi connectivity index (χ1n) is 5.31. The van der Waals surface area contributed by atoms with Crippen LogP contribution in [-0.4, -0.2) is 44.9 Å². The maximum atomic E-state index is 9.45. The summed E-state index contributed by atoms with van der Waals surface area (Å²) in [5, 5.41) is 18.9. The average molecular weight is 261 g/mol. The first-order chi connectivity index (χ1) is 8.08. The molecule has 0 fully saturated rings. The minimum Gasteiger partial charge on any atom is -0.494 e. The maximum absolute atomic E-state index is 9.45. The minimum absolute atomic E-state index is 0.0435. The summed E-state index contributed by atoms with van der Waals surface area (Å²) in [7, 11) is 2.12. The van der Waals surface area contributed by atoms with Gasteiger partial charge in [-0.3, -0.25) is 4.57 Å². The Morgan fingerprint density at radius 1 is 1.06 bits per heavy atom. The molecule has 0 unspecified atom stereocenters. The van der Waals surface area contributed by atoms with Gasteiger partial charge in [-0.05, 0) is 6.42 Å². The van der Waals surface area contributed by atoms with E-state index in [9.17, 15) is 10.2 Å². The Kier molecular flexibility index (Phi) is 5.00. The molecular formula is C10H19NO5Si. The fraction of sp³-hybridized carbons (Fsp3) is 0.600. The zero-order chi connectivity index (χ0) is 12.9. The number of hydrogen-bond donors (Lipinski definition) is 2. The average Bonchev–Trinajstić information content (AvgIpc) is 2.66. The Morgan fingerprint density at radius 2 is 1.53 bits per heavy atom. The Balaban J connectivity index is 2.52. The second-order valence-electron chi connectivity index (χ2n) is 3.60. The second-order valence-corrected chi connectivity index (χ2v) is 6.69. The smallest absolute Gasteiger partial charge is 0.494 e. The Morgan fingerprint density at radius 3 is 1.94 bits per heavy atom. The van der Waals surface area contributed by atoms with Crippen molar-refractivity contribution < 1.29 is 23.5 Å². The van der Waals surface area contributed by atoms with E-state index in [1.54, 1.807) is 21.3 Å². The summed E-state index contributed by atoms with van der Waals surface area (Å²) >= 11 is 0. The van der Waals surface area contributed by atoms with Crippen molar-refractivity contribution in [3.05, 3.63) is 12.1 Å². The van der Waals surface area contributed by atoms with Gasteiger partial charge in [0, 0.05) is 46.1 Å². The molecule has 1 rings (SSSR count). The zero-order valence-corrected chi connectivity index (χ0v) is 11.3. The quantitative estimate of drug-likeness (QED) is 0.721. The van der Waals surface area contributed by atoms with Gasteiger partial charge in [-0.15, -0.1) is 0 Å². The van der Waals surface area contributed by atoms with Crippen LogP contribution in [-0.2, 0) is 19.8 Å². The zero-order valence-electron chi connectivity index (χ0n) is 10.3. The number of hydrogen-bond acceptors (Lipinski definition) is 5. The third kappa shape index (κ3) is 3.22. The molecule has 0 saturated heterocycles. The molecule has 0 aliphatic rings. The van der Waals surface area contributed by atoms with Gasteiger partial charge in [0.15, 0.2) is 11.8 Å². The highest BCUT2D eigenvalue weighted by molar-refractivity contribution is 6.60. The molecule has 0 aliphatic heterocycles. The molecule has 0 atom stereocenters. The highest BCUT2D eigenvalue weighted by Gasteiger charge is 2.36. The van der Waals surface area contributed by atoms with Gasteiger partial charge < -0.3 is 23.5 Å². The summed E-state index contributed by atoms with van der Waals surface area (Å²) < 4.78 is 17.2. The van der Waals surface area contributed by atoms with Crippen LogP contribution in [0.1, 0.15) is 6.42 Å². The van der Waals surface area contributed by atoms with Gasteiger partial charge in [0.1, 0.15) is 0 Å². The van der Waals surface area contributed by atoms with Gasteiger partial charge in [-0.2, -0.15) is 0 Å². The van der Waals surface area contributed by atoms with Crippen molar-refractivity contribution in [2.24, 2.45) is 0 Å². The predicted molar refractivity (Wildman–Crippen MR) is 64.0 cm³/mol. The topological polar surface area (TPSA) is 73.1 Å². The third-order valence-electron chi connectivity index (χ3n) is 2.73. The van der Waals surface area contributed by atoms with Crippen LogP contribution >= 0.6 is 0 Å². The first kappa shape index (κ1) is 14.0. The van der Waals surface area contributed by atoms with Gasteiger partial charge in [-0.25, -0.2) is 0 Å². The van der Waals surface area contributed by atoms with E-state index in [4.69, 9.17) is 13.3 Å². The number of aromatic nitrogens is 1. The van der Waals surface area contributed by atoms with E-state index >= 15 is 0 Å². The summed E-state index contributed by atoms with van der Waals surface area (Å²) in [5.74, 6) is 0.0871. The van der Waals surface area contributed by atoms with E-state index in [-0.39, 0.29) is 11.8 Å². The van der Waals surface area contributed by atoms with Crippen LogP contribution in [0.5, 0.6) is 11.8 Å². The summed E-state index contributed by atoms with van der Waals surface area (Å²) in [5.41, 5.74) is 0. The minimum atomic E-state index is -2.56. The normalized spacial score (nSPS) is 11.9. The molecule has 2 N–H and O–H groups in total. The lowest BCUT2D eigenvalue weighted by molar-refractivity contribution is 0.122. The SMILES string of the molecule is CO[Si](CCCn1c(O)ccc1O)(OC)OC. The van der Waals surface area contributed by atoms with Crippen LogP contribution in [0.15, 0.2) is 12.1 Å². The summed E-state index contributed by atoms with van der Waals surface area (Å²) in [4.78, 5) is 0. The van der Waals surface area contributed by atoms with Crippen molar-refractivity contribution in [3.8, 4) is 11.8 Å². The molecule has 6 nitrogen and oxygen atoms in total. The molecule has 1 heterocycles. The van der Waals surface area contributed by atoms with Crippen molar-refractivity contribution in [2.45, 2.75) is 19.0 Å². The van der Waals surface area contributed by atoms with Crippen molar-refractivity contribution in [3.63, 3.8) is 0 Å². The molecule has 0 amide bonds. The summed E-state index contributed by atoms with van der Waals surface area (Å²) in [6.45, 7) is 0.482. The molecule has 1 aromatic rings. The Hall–Kier alpha value is -1.02. The van der Waals surface area contributed by atoms with Gasteiger partial charge in [0.25, 0.3) is 0 Å². The highest BCUT2D eigenvalue weighted by atomic mass is 28.4. The molecule has 0 aliphatic carbocycles. The number of aromatic hydroxyl groups is 2. The Bertz CT molecular complexity index is 323. The maximum Gasteiger partial charge on any atom is 0.500 e. The number of rotatable bonds is 7. The summed E-state index contributed by atoms with van der Waals surface area (Å²) in [6, 6.07) is 3.51. The number of nitrogens with zero attached hydrogens (tertiary/aromatic N) is 1. The fourth-order valence-electron chi connectivity index (χ4n) is 1.69. The fourth-order valence-corrected chi connectivity index (χ4v) is 3.39. The van der Waals surface area contributed by atoms with E-state index in [1.165, 1.54) is 16.7 Å².